The zero-order chi connectivity index (χ0) is 13.7. The van der Waals surface area contributed by atoms with Gasteiger partial charge in [0, 0.05) is 24.0 Å². The van der Waals surface area contributed by atoms with E-state index in [1.165, 1.54) is 0 Å². The van der Waals surface area contributed by atoms with Crippen LogP contribution in [0.5, 0.6) is 0 Å². The minimum absolute atomic E-state index is 0.251. The Labute approximate surface area is 119 Å². The summed E-state index contributed by atoms with van der Waals surface area (Å²) >= 11 is 6.17. The summed E-state index contributed by atoms with van der Waals surface area (Å²) in [5.74, 6) is 0.251. The van der Waals surface area contributed by atoms with Crippen molar-refractivity contribution in [2.45, 2.75) is 38.8 Å². The quantitative estimate of drug-likeness (QED) is 0.813. The van der Waals surface area contributed by atoms with Crippen LogP contribution in [0.3, 0.4) is 0 Å². The van der Waals surface area contributed by atoms with Crippen molar-refractivity contribution in [1.82, 2.24) is 10.2 Å². The van der Waals surface area contributed by atoms with Crippen LogP contribution in [0.2, 0.25) is 5.02 Å². The molecule has 0 saturated carbocycles. The van der Waals surface area contributed by atoms with Gasteiger partial charge in [-0.2, -0.15) is 0 Å². The molecule has 1 saturated heterocycles. The molecule has 19 heavy (non-hydrogen) atoms. The van der Waals surface area contributed by atoms with E-state index in [1.807, 2.05) is 29.2 Å². The summed E-state index contributed by atoms with van der Waals surface area (Å²) in [7, 11) is 0. The van der Waals surface area contributed by atoms with Crippen LogP contribution in [0, 0.1) is 0 Å². The molecule has 1 aliphatic rings. The number of nitrogens with one attached hydrogen (secondary N) is 1. The van der Waals surface area contributed by atoms with E-state index in [1.54, 1.807) is 0 Å². The molecule has 1 aromatic rings. The van der Waals surface area contributed by atoms with Gasteiger partial charge < -0.3 is 10.2 Å². The van der Waals surface area contributed by atoms with Crippen molar-refractivity contribution in [3.63, 3.8) is 0 Å². The first kappa shape index (κ1) is 14.4. The van der Waals surface area contributed by atoms with Crippen molar-refractivity contribution in [1.29, 1.82) is 0 Å². The Morgan fingerprint density at radius 2 is 2.21 bits per heavy atom. The molecule has 0 aliphatic carbocycles. The largest absolute Gasteiger partial charge is 0.335 e. The fraction of sp³-hybridized carbons (Fsp3) is 0.533. The lowest BCUT2D eigenvalue weighted by Gasteiger charge is -2.25. The molecule has 1 atom stereocenters. The van der Waals surface area contributed by atoms with Gasteiger partial charge >= 0.3 is 0 Å². The summed E-state index contributed by atoms with van der Waals surface area (Å²) in [6.45, 7) is 4.68. The molecule has 0 bridgehead atoms. The number of carbonyl (C=O) groups is 1. The lowest BCUT2D eigenvalue weighted by Crippen LogP contribution is -2.34. The second-order valence-electron chi connectivity index (χ2n) is 4.95. The highest BCUT2D eigenvalue weighted by molar-refractivity contribution is 6.31. The van der Waals surface area contributed by atoms with E-state index in [0.29, 0.717) is 19.0 Å². The average Bonchev–Trinajstić information content (AvgIpc) is 2.74. The molecular formula is C15H21ClN2O. The number of carbonyl (C=O) groups excluding carboxylic acids is 1. The van der Waals surface area contributed by atoms with E-state index in [4.69, 9.17) is 11.6 Å². The fourth-order valence-electron chi connectivity index (χ4n) is 2.57. The van der Waals surface area contributed by atoms with E-state index in [0.717, 1.165) is 36.5 Å². The number of halogens is 1. The molecule has 0 unspecified atom stereocenters. The van der Waals surface area contributed by atoms with E-state index in [9.17, 15) is 4.79 Å². The number of nitrogens with zero attached hydrogens (tertiary/aromatic N) is 1. The van der Waals surface area contributed by atoms with Crippen LogP contribution in [0.25, 0.3) is 0 Å². The van der Waals surface area contributed by atoms with E-state index in [2.05, 4.69) is 12.2 Å². The summed E-state index contributed by atoms with van der Waals surface area (Å²) in [5, 5.41) is 4.06. The fourth-order valence-corrected chi connectivity index (χ4v) is 2.76. The van der Waals surface area contributed by atoms with Gasteiger partial charge in [0.2, 0.25) is 5.91 Å². The lowest BCUT2D eigenvalue weighted by molar-refractivity contribution is -0.129. The van der Waals surface area contributed by atoms with E-state index in [-0.39, 0.29) is 5.91 Å². The average molecular weight is 281 g/mol. The molecule has 0 aromatic heterocycles. The third-order valence-electron chi connectivity index (χ3n) is 3.66. The van der Waals surface area contributed by atoms with Crippen LogP contribution in [0.1, 0.15) is 31.7 Å². The van der Waals surface area contributed by atoms with E-state index < -0.39 is 0 Å². The number of hydrogen-bond acceptors (Lipinski definition) is 2. The predicted molar refractivity (Wildman–Crippen MR) is 78.2 cm³/mol. The maximum atomic E-state index is 12.0. The molecule has 1 aliphatic heterocycles. The minimum Gasteiger partial charge on any atom is -0.335 e. The number of likely N-dealkylation sites (tertiary alicyclic amines) is 1. The zero-order valence-corrected chi connectivity index (χ0v) is 12.1. The molecule has 1 aromatic carbocycles. The molecule has 1 N–H and O–H groups in total. The van der Waals surface area contributed by atoms with Gasteiger partial charge in [0.25, 0.3) is 0 Å². The van der Waals surface area contributed by atoms with Crippen LogP contribution in [0.15, 0.2) is 24.3 Å². The van der Waals surface area contributed by atoms with Crippen LogP contribution < -0.4 is 5.32 Å². The maximum absolute atomic E-state index is 12.0. The topological polar surface area (TPSA) is 32.3 Å². The first-order chi connectivity index (χ1) is 9.22. The maximum Gasteiger partial charge on any atom is 0.223 e. The monoisotopic (exact) mass is 280 g/mol. The number of amides is 1. The Morgan fingerprint density at radius 3 is 2.95 bits per heavy atom. The highest BCUT2D eigenvalue weighted by atomic mass is 35.5. The highest BCUT2D eigenvalue weighted by Crippen LogP contribution is 2.26. The molecule has 0 radical (unpaired) electrons. The Bertz CT molecular complexity index is 436. The second-order valence-corrected chi connectivity index (χ2v) is 5.35. The summed E-state index contributed by atoms with van der Waals surface area (Å²) in [4.78, 5) is 14.0. The van der Waals surface area contributed by atoms with Gasteiger partial charge in [0.15, 0.2) is 0 Å². The summed E-state index contributed by atoms with van der Waals surface area (Å²) < 4.78 is 0. The van der Waals surface area contributed by atoms with Crippen LogP contribution >= 0.6 is 11.6 Å². The molecule has 1 amide bonds. The molecule has 3 nitrogen and oxygen atoms in total. The lowest BCUT2D eigenvalue weighted by atomic mass is 10.1. The van der Waals surface area contributed by atoms with Gasteiger partial charge in [-0.15, -0.1) is 0 Å². The minimum atomic E-state index is 0.251. The van der Waals surface area contributed by atoms with Gasteiger partial charge in [-0.25, -0.2) is 0 Å². The molecule has 2 rings (SSSR count). The number of benzene rings is 1. The first-order valence-corrected chi connectivity index (χ1v) is 7.33. The predicted octanol–water partition coefficient (Wildman–Crippen LogP) is 2.83. The van der Waals surface area contributed by atoms with Crippen LogP contribution in [-0.2, 0) is 11.3 Å². The van der Waals surface area contributed by atoms with Gasteiger partial charge in [0.05, 0.1) is 0 Å². The molecule has 104 valence electrons. The van der Waals surface area contributed by atoms with Crippen LogP contribution in [-0.4, -0.2) is 29.9 Å². The second kappa shape index (κ2) is 6.92. The summed E-state index contributed by atoms with van der Waals surface area (Å²) in [6, 6.07) is 8.11. The van der Waals surface area contributed by atoms with Gasteiger partial charge in [-0.1, -0.05) is 36.7 Å². The molecule has 1 heterocycles. The smallest absolute Gasteiger partial charge is 0.223 e. The number of rotatable bonds is 6. The van der Waals surface area contributed by atoms with Crippen molar-refractivity contribution >= 4 is 17.5 Å². The van der Waals surface area contributed by atoms with Crippen molar-refractivity contribution in [2.24, 2.45) is 0 Å². The number of hydrogen-bond donors (Lipinski definition) is 1. The normalized spacial score (nSPS) is 19.2. The first-order valence-electron chi connectivity index (χ1n) is 6.96. The Balaban J connectivity index is 1.99. The van der Waals surface area contributed by atoms with Gasteiger partial charge in [-0.3, -0.25) is 4.79 Å². The SMILES string of the molecule is CCNCC[C@H]1CCC(=O)N1Cc1ccccc1Cl. The Kier molecular flexibility index (Phi) is 5.23. The molecule has 1 fully saturated rings. The molecule has 0 spiro atoms. The van der Waals surface area contributed by atoms with Crippen molar-refractivity contribution < 1.29 is 4.79 Å². The third kappa shape index (κ3) is 3.71. The zero-order valence-electron chi connectivity index (χ0n) is 11.4. The van der Waals surface area contributed by atoms with Crippen LogP contribution in [0.4, 0.5) is 0 Å². The van der Waals surface area contributed by atoms with Crippen molar-refractivity contribution in [2.75, 3.05) is 13.1 Å². The molecule has 4 heteroatoms. The van der Waals surface area contributed by atoms with Gasteiger partial charge in [0.1, 0.15) is 0 Å². The Morgan fingerprint density at radius 1 is 1.42 bits per heavy atom. The summed E-state index contributed by atoms with van der Waals surface area (Å²) in [6.07, 6.45) is 2.65. The Hall–Kier alpha value is -1.06. The van der Waals surface area contributed by atoms with Gasteiger partial charge in [-0.05, 0) is 37.6 Å². The molecular weight excluding hydrogens is 260 g/mol. The third-order valence-corrected chi connectivity index (χ3v) is 4.02. The highest BCUT2D eigenvalue weighted by Gasteiger charge is 2.30. The standard InChI is InChI=1S/C15H21ClN2O/c1-2-17-10-9-13-7-8-15(19)18(13)11-12-5-3-4-6-14(12)16/h3-6,13,17H,2,7-11H2,1H3/t13-/m1/s1. The summed E-state index contributed by atoms with van der Waals surface area (Å²) in [5.41, 5.74) is 1.04. The van der Waals surface area contributed by atoms with Crippen molar-refractivity contribution in [3.05, 3.63) is 34.9 Å². The van der Waals surface area contributed by atoms with E-state index >= 15 is 0 Å². The van der Waals surface area contributed by atoms with Crippen molar-refractivity contribution in [3.8, 4) is 0 Å².